The van der Waals surface area contributed by atoms with Gasteiger partial charge in [-0.2, -0.15) is 0 Å². The van der Waals surface area contributed by atoms with Gasteiger partial charge in [0, 0.05) is 17.3 Å². The number of benzene rings is 1. The molecule has 2 aromatic heterocycles. The SMILES string of the molecule is CSc1ccc(C(=O)N(NN2C(=O)c3ncccc32)c2ccc(Cl)cn2)c(O)c1. The zero-order valence-corrected chi connectivity index (χ0v) is 16.6. The van der Waals surface area contributed by atoms with E-state index in [1.54, 1.807) is 24.3 Å². The summed E-state index contributed by atoms with van der Waals surface area (Å²) in [5, 5.41) is 13.0. The van der Waals surface area contributed by atoms with Gasteiger partial charge in [-0.3, -0.25) is 9.59 Å². The molecule has 2 N–H and O–H groups in total. The van der Waals surface area contributed by atoms with Crippen LogP contribution in [0.25, 0.3) is 0 Å². The minimum absolute atomic E-state index is 0.0476. The zero-order chi connectivity index (χ0) is 20.5. The number of phenolic OH excluding ortho intramolecular Hbond substituents is 1. The van der Waals surface area contributed by atoms with Crippen molar-refractivity contribution >= 4 is 46.7 Å². The zero-order valence-electron chi connectivity index (χ0n) is 15.0. The molecule has 146 valence electrons. The molecule has 3 aromatic rings. The van der Waals surface area contributed by atoms with E-state index in [0.717, 1.165) is 9.90 Å². The van der Waals surface area contributed by atoms with Gasteiger partial charge in [0.1, 0.15) is 5.75 Å². The first-order valence-electron chi connectivity index (χ1n) is 8.38. The van der Waals surface area contributed by atoms with Gasteiger partial charge in [0.25, 0.3) is 11.8 Å². The summed E-state index contributed by atoms with van der Waals surface area (Å²) in [4.78, 5) is 34.5. The number of aromatic hydroxyl groups is 1. The summed E-state index contributed by atoms with van der Waals surface area (Å²) in [5.41, 5.74) is 3.62. The predicted octanol–water partition coefficient (Wildman–Crippen LogP) is 3.28. The summed E-state index contributed by atoms with van der Waals surface area (Å²) in [6.45, 7) is 0. The quantitative estimate of drug-likeness (QED) is 0.476. The number of rotatable bonds is 5. The Hall–Kier alpha value is -3.14. The van der Waals surface area contributed by atoms with Crippen LogP contribution in [-0.2, 0) is 0 Å². The Kier molecular flexibility index (Phi) is 5.10. The van der Waals surface area contributed by atoms with Gasteiger partial charge in [-0.15, -0.1) is 17.3 Å². The number of anilines is 2. The van der Waals surface area contributed by atoms with E-state index in [4.69, 9.17) is 11.6 Å². The first-order valence-corrected chi connectivity index (χ1v) is 9.98. The third-order valence-corrected chi connectivity index (χ3v) is 5.16. The van der Waals surface area contributed by atoms with E-state index >= 15 is 0 Å². The highest BCUT2D eigenvalue weighted by Crippen LogP contribution is 2.30. The second kappa shape index (κ2) is 7.70. The molecule has 3 heterocycles. The smallest absolute Gasteiger partial charge is 0.295 e. The lowest BCUT2D eigenvalue weighted by molar-refractivity contribution is 0.0921. The molecule has 2 amide bonds. The first kappa shape index (κ1) is 19.2. The number of amides is 2. The maximum Gasteiger partial charge on any atom is 0.295 e. The molecule has 0 fully saturated rings. The maximum atomic E-state index is 13.2. The van der Waals surface area contributed by atoms with E-state index in [1.807, 2.05) is 6.26 Å². The van der Waals surface area contributed by atoms with Crippen molar-refractivity contribution in [2.75, 3.05) is 16.3 Å². The van der Waals surface area contributed by atoms with Crippen LogP contribution in [0.5, 0.6) is 5.75 Å². The highest BCUT2D eigenvalue weighted by molar-refractivity contribution is 7.98. The van der Waals surface area contributed by atoms with Crippen LogP contribution in [0.3, 0.4) is 0 Å². The summed E-state index contributed by atoms with van der Waals surface area (Å²) in [6.07, 6.45) is 4.76. The van der Waals surface area contributed by atoms with Crippen molar-refractivity contribution in [3.05, 3.63) is 71.1 Å². The summed E-state index contributed by atoms with van der Waals surface area (Å²) in [6, 6.07) is 11.2. The van der Waals surface area contributed by atoms with E-state index < -0.39 is 11.8 Å². The maximum absolute atomic E-state index is 13.2. The van der Waals surface area contributed by atoms with Crippen LogP contribution >= 0.6 is 23.4 Å². The Morgan fingerprint density at radius 2 is 2.07 bits per heavy atom. The number of pyridine rings is 2. The molecule has 8 nitrogen and oxygen atoms in total. The fourth-order valence-corrected chi connectivity index (χ4v) is 3.29. The van der Waals surface area contributed by atoms with Gasteiger partial charge in [-0.05, 0) is 48.7 Å². The number of hydrogen-bond donors (Lipinski definition) is 2. The number of fused-ring (bicyclic) bond motifs is 1. The number of halogens is 1. The van der Waals surface area contributed by atoms with Crippen molar-refractivity contribution in [2.45, 2.75) is 4.90 Å². The minimum atomic E-state index is -0.602. The first-order chi connectivity index (χ1) is 14.0. The molecule has 0 saturated heterocycles. The van der Waals surface area contributed by atoms with Gasteiger partial charge in [0.15, 0.2) is 11.5 Å². The number of nitrogens with zero attached hydrogens (tertiary/aromatic N) is 4. The van der Waals surface area contributed by atoms with E-state index in [2.05, 4.69) is 15.5 Å². The Morgan fingerprint density at radius 1 is 1.24 bits per heavy atom. The lowest BCUT2D eigenvalue weighted by Gasteiger charge is -2.36. The number of carbonyl (C=O) groups excluding carboxylic acids is 2. The van der Waals surface area contributed by atoms with Crippen LogP contribution in [0.15, 0.2) is 59.8 Å². The van der Waals surface area contributed by atoms with Crippen molar-refractivity contribution in [3.8, 4) is 5.75 Å². The largest absolute Gasteiger partial charge is 0.507 e. The molecule has 1 aliphatic heterocycles. The molecule has 1 aromatic carbocycles. The molecule has 0 unspecified atom stereocenters. The van der Waals surface area contributed by atoms with Gasteiger partial charge in [-0.25, -0.2) is 20.0 Å². The fourth-order valence-electron chi connectivity index (χ4n) is 2.74. The van der Waals surface area contributed by atoms with Crippen LogP contribution in [0.4, 0.5) is 11.5 Å². The van der Waals surface area contributed by atoms with E-state index in [0.29, 0.717) is 16.4 Å². The molecule has 29 heavy (non-hydrogen) atoms. The van der Waals surface area contributed by atoms with Crippen LogP contribution < -0.4 is 15.6 Å². The second-order valence-corrected chi connectivity index (χ2v) is 7.29. The van der Waals surface area contributed by atoms with Gasteiger partial charge in [-0.1, -0.05) is 11.6 Å². The van der Waals surface area contributed by atoms with E-state index in [-0.39, 0.29) is 17.1 Å². The highest BCUT2D eigenvalue weighted by Gasteiger charge is 2.37. The van der Waals surface area contributed by atoms with Gasteiger partial charge in [0.2, 0.25) is 0 Å². The molecule has 0 radical (unpaired) electrons. The molecular formula is C19H14ClN5O3S. The third kappa shape index (κ3) is 3.51. The lowest BCUT2D eigenvalue weighted by Crippen LogP contribution is -2.60. The number of hydrogen-bond acceptors (Lipinski definition) is 7. The third-order valence-electron chi connectivity index (χ3n) is 4.21. The topological polar surface area (TPSA) is 98.7 Å². The average molecular weight is 428 g/mol. The average Bonchev–Trinajstić information content (AvgIpc) is 2.74. The number of carbonyl (C=O) groups is 2. The second-order valence-electron chi connectivity index (χ2n) is 5.97. The van der Waals surface area contributed by atoms with Crippen LogP contribution in [0.1, 0.15) is 20.8 Å². The van der Waals surface area contributed by atoms with Crippen molar-refractivity contribution < 1.29 is 14.7 Å². The van der Waals surface area contributed by atoms with Gasteiger partial charge < -0.3 is 5.11 Å². The standard InChI is InChI=1S/C19H14ClN5O3S/c1-29-12-5-6-13(15(26)9-12)18(27)25(16-7-4-11(20)10-22-16)23-24-14-3-2-8-21-17(14)19(24)28/h2-10,23,26H,1H3. The van der Waals surface area contributed by atoms with Crippen molar-refractivity contribution in [3.63, 3.8) is 0 Å². The fraction of sp³-hybridized carbons (Fsp3) is 0.0526. The molecule has 0 spiro atoms. The number of aromatic nitrogens is 2. The van der Waals surface area contributed by atoms with Crippen LogP contribution in [-0.4, -0.2) is 33.1 Å². The van der Waals surface area contributed by atoms with Crippen molar-refractivity contribution in [2.24, 2.45) is 0 Å². The number of thioether (sulfide) groups is 1. The monoisotopic (exact) mass is 427 g/mol. The molecule has 1 aliphatic rings. The van der Waals surface area contributed by atoms with Crippen LogP contribution in [0.2, 0.25) is 5.02 Å². The normalized spacial score (nSPS) is 12.3. The predicted molar refractivity (Wildman–Crippen MR) is 110 cm³/mol. The molecule has 0 atom stereocenters. The Balaban J connectivity index is 1.71. The molecule has 10 heteroatoms. The van der Waals surface area contributed by atoms with E-state index in [1.165, 1.54) is 47.4 Å². The number of hydrazine groups is 2. The van der Waals surface area contributed by atoms with Crippen LogP contribution in [0, 0.1) is 0 Å². The summed E-state index contributed by atoms with van der Waals surface area (Å²) < 4.78 is 0. The summed E-state index contributed by atoms with van der Waals surface area (Å²) >= 11 is 7.34. The van der Waals surface area contributed by atoms with Crippen molar-refractivity contribution in [1.82, 2.24) is 15.5 Å². The molecule has 4 rings (SSSR count). The lowest BCUT2D eigenvalue weighted by atomic mass is 10.1. The van der Waals surface area contributed by atoms with Crippen molar-refractivity contribution in [1.29, 1.82) is 0 Å². The molecule has 0 bridgehead atoms. The summed E-state index contributed by atoms with van der Waals surface area (Å²) in [7, 11) is 0. The van der Waals surface area contributed by atoms with Gasteiger partial charge >= 0.3 is 0 Å². The highest BCUT2D eigenvalue weighted by atomic mass is 35.5. The summed E-state index contributed by atoms with van der Waals surface area (Å²) in [5.74, 6) is -0.984. The molecular weight excluding hydrogens is 414 g/mol. The Morgan fingerprint density at radius 3 is 2.76 bits per heavy atom. The van der Waals surface area contributed by atoms with Gasteiger partial charge in [0.05, 0.1) is 16.3 Å². The Labute approximate surface area is 175 Å². The Bertz CT molecular complexity index is 1110. The number of nitrogens with one attached hydrogen (secondary N) is 1. The molecule has 0 saturated carbocycles. The van der Waals surface area contributed by atoms with E-state index in [9.17, 15) is 14.7 Å². The minimum Gasteiger partial charge on any atom is -0.507 e. The number of phenols is 1. The molecule has 0 aliphatic carbocycles.